The third-order valence-corrected chi connectivity index (χ3v) is 2.72. The molecule has 0 spiro atoms. The van der Waals surface area contributed by atoms with Crippen molar-refractivity contribution in [3.63, 3.8) is 0 Å². The Bertz CT molecular complexity index is 355. The van der Waals surface area contributed by atoms with Gasteiger partial charge in [0.1, 0.15) is 12.2 Å². The van der Waals surface area contributed by atoms with Gasteiger partial charge in [0.05, 0.1) is 12.6 Å². The molecule has 0 unspecified atom stereocenters. The average Bonchev–Trinajstić information content (AvgIpc) is 2.24. The number of aliphatic hydroxyl groups excluding tert-OH is 3. The molecule has 0 bridgehead atoms. The maximum atomic E-state index is 10.9. The lowest BCUT2D eigenvalue weighted by molar-refractivity contribution is -0.132. The fourth-order valence-corrected chi connectivity index (χ4v) is 1.47. The van der Waals surface area contributed by atoms with Crippen LogP contribution in [0.4, 0.5) is 0 Å². The smallest absolute Gasteiger partial charge is 0.331 e. The molecule has 0 aliphatic rings. The number of rotatable bonds is 6. The fraction of sp³-hybridized carbons (Fsp3) is 0.857. The molecular formula is C7H15NO8S. The van der Waals surface area contributed by atoms with E-state index in [4.69, 9.17) is 15.4 Å². The van der Waals surface area contributed by atoms with Crippen molar-refractivity contribution in [1.82, 2.24) is 0 Å². The summed E-state index contributed by atoms with van der Waals surface area (Å²) in [5.41, 5.74) is 5.31. The number of hydrogen-bond donors (Lipinski definition) is 5. The van der Waals surface area contributed by atoms with Gasteiger partial charge in [-0.05, 0) is 0 Å². The van der Waals surface area contributed by atoms with Gasteiger partial charge in [-0.2, -0.15) is 8.42 Å². The fourth-order valence-electron chi connectivity index (χ4n) is 1.02. The summed E-state index contributed by atoms with van der Waals surface area (Å²) < 4.78 is 33.7. The Morgan fingerprint density at radius 3 is 2.12 bits per heavy atom. The first kappa shape index (κ1) is 16.4. The number of hydrogen-bond acceptors (Lipinski definition) is 8. The van der Waals surface area contributed by atoms with Crippen LogP contribution >= 0.6 is 0 Å². The van der Waals surface area contributed by atoms with Gasteiger partial charge in [0.15, 0.2) is 6.10 Å². The zero-order valence-corrected chi connectivity index (χ0v) is 9.74. The highest BCUT2D eigenvalue weighted by Crippen LogP contribution is 2.07. The molecule has 0 aliphatic heterocycles. The van der Waals surface area contributed by atoms with E-state index in [1.165, 1.54) is 7.11 Å². The van der Waals surface area contributed by atoms with Crippen LogP contribution in [0.25, 0.3) is 0 Å². The van der Waals surface area contributed by atoms with Gasteiger partial charge in [-0.25, -0.2) is 0 Å². The molecule has 17 heavy (non-hydrogen) atoms. The maximum absolute atomic E-state index is 10.9. The van der Waals surface area contributed by atoms with Gasteiger partial charge >= 0.3 is 15.2 Å². The van der Waals surface area contributed by atoms with Gasteiger partial charge in [0.25, 0.3) is 0 Å². The molecule has 10 heteroatoms. The van der Waals surface area contributed by atoms with Gasteiger partial charge in [-0.15, -0.1) is 0 Å². The van der Waals surface area contributed by atoms with E-state index < -0.39 is 39.6 Å². The van der Waals surface area contributed by atoms with Gasteiger partial charge < -0.3 is 25.8 Å². The Morgan fingerprint density at radius 2 is 1.76 bits per heavy atom. The number of carbonyl (C=O) groups excluding carboxylic acids is 1. The molecule has 4 atom stereocenters. The van der Waals surface area contributed by atoms with E-state index in [1.807, 2.05) is 0 Å². The predicted molar refractivity (Wildman–Crippen MR) is 54.4 cm³/mol. The Kier molecular flexibility index (Phi) is 6.12. The van der Waals surface area contributed by atoms with Crippen molar-refractivity contribution >= 4 is 15.2 Å². The Hall–Kier alpha value is -0.620. The second-order valence-corrected chi connectivity index (χ2v) is 4.69. The van der Waals surface area contributed by atoms with Crippen LogP contribution in [0, 0.1) is 0 Å². The van der Waals surface area contributed by atoms with Crippen LogP contribution in [0.1, 0.15) is 0 Å². The molecule has 0 aromatic carbocycles. The van der Waals surface area contributed by atoms with Crippen molar-refractivity contribution < 1.29 is 37.8 Å². The van der Waals surface area contributed by atoms with Crippen LogP contribution in [0.5, 0.6) is 0 Å². The van der Waals surface area contributed by atoms with Crippen molar-refractivity contribution in [3.05, 3.63) is 0 Å². The van der Waals surface area contributed by atoms with Gasteiger partial charge in [0.2, 0.25) is 0 Å². The summed E-state index contributed by atoms with van der Waals surface area (Å²) in [6, 6.07) is -1.14. The summed E-state index contributed by atoms with van der Waals surface area (Å²) in [7, 11) is -3.89. The quantitative estimate of drug-likeness (QED) is 0.308. The molecule has 9 nitrogen and oxygen atoms in total. The SMILES string of the molecule is COC[C@@H](N)[C@@H](O)[C@H](O)[C@@H](O)C(=O)S(=O)(=O)O. The molecule has 0 radical (unpaired) electrons. The van der Waals surface area contributed by atoms with Gasteiger partial charge in [-0.1, -0.05) is 0 Å². The summed E-state index contributed by atoms with van der Waals surface area (Å²) in [6.45, 7) is -0.189. The van der Waals surface area contributed by atoms with E-state index in [-0.39, 0.29) is 6.61 Å². The summed E-state index contributed by atoms with van der Waals surface area (Å²) in [5.74, 6) is 0. The van der Waals surface area contributed by atoms with Gasteiger partial charge in [0, 0.05) is 7.11 Å². The monoisotopic (exact) mass is 273 g/mol. The number of methoxy groups -OCH3 is 1. The highest BCUT2D eigenvalue weighted by molar-refractivity contribution is 8.01. The van der Waals surface area contributed by atoms with Crippen molar-refractivity contribution in [2.75, 3.05) is 13.7 Å². The highest BCUT2D eigenvalue weighted by Gasteiger charge is 2.38. The summed E-state index contributed by atoms with van der Waals surface area (Å²) in [6.07, 6.45) is -6.45. The van der Waals surface area contributed by atoms with Crippen LogP contribution < -0.4 is 5.73 Å². The average molecular weight is 273 g/mol. The molecule has 0 aliphatic carbocycles. The topological polar surface area (TPSA) is 167 Å². The third-order valence-electron chi connectivity index (χ3n) is 1.97. The van der Waals surface area contributed by atoms with Crippen LogP contribution in [-0.2, 0) is 19.6 Å². The van der Waals surface area contributed by atoms with E-state index in [0.29, 0.717) is 0 Å². The number of nitrogens with two attached hydrogens (primary N) is 1. The highest BCUT2D eigenvalue weighted by atomic mass is 32.2. The molecular weight excluding hydrogens is 258 g/mol. The van der Waals surface area contributed by atoms with E-state index in [1.54, 1.807) is 0 Å². The number of aliphatic hydroxyl groups is 3. The van der Waals surface area contributed by atoms with E-state index >= 15 is 0 Å². The first-order chi connectivity index (χ1) is 7.62. The molecule has 0 aromatic rings. The van der Waals surface area contributed by atoms with Crippen LogP contribution in [0.15, 0.2) is 0 Å². The maximum Gasteiger partial charge on any atom is 0.331 e. The Morgan fingerprint density at radius 1 is 1.29 bits per heavy atom. The molecule has 102 valence electrons. The van der Waals surface area contributed by atoms with Crippen LogP contribution in [0.2, 0.25) is 0 Å². The lowest BCUT2D eigenvalue weighted by Gasteiger charge is -2.25. The summed E-state index contributed by atoms with van der Waals surface area (Å²) in [4.78, 5) is 10.9. The molecule has 0 saturated heterocycles. The van der Waals surface area contributed by atoms with E-state index in [0.717, 1.165) is 0 Å². The number of ether oxygens (including phenoxy) is 1. The minimum absolute atomic E-state index is 0.189. The lowest BCUT2D eigenvalue weighted by Crippen LogP contribution is -2.53. The zero-order valence-electron chi connectivity index (χ0n) is 8.92. The van der Waals surface area contributed by atoms with E-state index in [2.05, 4.69) is 4.74 Å². The Balaban J connectivity index is 4.71. The minimum Gasteiger partial charge on any atom is -0.389 e. The second-order valence-electron chi connectivity index (χ2n) is 3.34. The second kappa shape index (κ2) is 6.35. The van der Waals surface area contributed by atoms with Crippen LogP contribution in [0.3, 0.4) is 0 Å². The minimum atomic E-state index is -5.15. The molecule has 0 fully saturated rings. The molecule has 0 aromatic heterocycles. The van der Waals surface area contributed by atoms with Crippen molar-refractivity contribution in [3.8, 4) is 0 Å². The number of carbonyl (C=O) groups is 1. The van der Waals surface area contributed by atoms with E-state index in [9.17, 15) is 23.4 Å². The first-order valence-electron chi connectivity index (χ1n) is 4.43. The zero-order chi connectivity index (χ0) is 13.8. The standard InChI is InChI=1S/C7H15NO8S/c1-16-2-3(8)4(9)5(10)6(11)7(12)17(13,14)15/h3-6,9-11H,2,8H2,1H3,(H,13,14,15)/t3-,4-,5+,6-/m1/s1. The largest absolute Gasteiger partial charge is 0.389 e. The predicted octanol–water partition coefficient (Wildman–Crippen LogP) is -3.54. The molecule has 0 rings (SSSR count). The lowest BCUT2D eigenvalue weighted by atomic mass is 10.0. The first-order valence-corrected chi connectivity index (χ1v) is 5.87. The normalized spacial score (nSPS) is 19.4. The van der Waals surface area contributed by atoms with Crippen molar-refractivity contribution in [2.45, 2.75) is 24.4 Å². The van der Waals surface area contributed by atoms with Gasteiger partial charge in [-0.3, -0.25) is 9.35 Å². The molecule has 0 amide bonds. The Labute approximate surface area is 97.6 Å². The third kappa shape index (κ3) is 4.63. The molecule has 0 saturated carbocycles. The van der Waals surface area contributed by atoms with Crippen LogP contribution in [-0.4, -0.2) is 71.5 Å². The molecule has 0 heterocycles. The van der Waals surface area contributed by atoms with Crippen molar-refractivity contribution in [1.29, 1.82) is 0 Å². The molecule has 6 N–H and O–H groups in total. The summed E-state index contributed by atoms with van der Waals surface area (Å²) in [5, 5.41) is 25.7. The van der Waals surface area contributed by atoms with Crippen molar-refractivity contribution in [2.24, 2.45) is 5.73 Å². The summed E-state index contributed by atoms with van der Waals surface area (Å²) >= 11 is 0.